The van der Waals surface area contributed by atoms with E-state index in [9.17, 15) is 9.90 Å². The Kier molecular flexibility index (Phi) is 5.62. The van der Waals surface area contributed by atoms with Crippen LogP contribution in [0.2, 0.25) is 0 Å². The van der Waals surface area contributed by atoms with Crippen LogP contribution in [-0.4, -0.2) is 30.8 Å². The fraction of sp³-hybridized carbons (Fsp3) is 0.615. The van der Waals surface area contributed by atoms with Gasteiger partial charge >= 0.3 is 0 Å². The van der Waals surface area contributed by atoms with E-state index in [0.717, 1.165) is 11.3 Å². The van der Waals surface area contributed by atoms with E-state index in [2.05, 4.69) is 19.2 Å². The van der Waals surface area contributed by atoms with Crippen molar-refractivity contribution in [3.63, 3.8) is 0 Å². The second-order valence-corrected chi connectivity index (χ2v) is 5.99. The van der Waals surface area contributed by atoms with Crippen LogP contribution < -0.4 is 10.1 Å². The van der Waals surface area contributed by atoms with Crippen molar-refractivity contribution in [2.45, 2.75) is 33.2 Å². The molecule has 0 saturated carbocycles. The minimum Gasteiger partial charge on any atom is -0.495 e. The minimum atomic E-state index is -0.204. The van der Waals surface area contributed by atoms with E-state index in [1.54, 1.807) is 7.11 Å². The number of ether oxygens (including phenoxy) is 1. The van der Waals surface area contributed by atoms with Crippen LogP contribution in [0.3, 0.4) is 0 Å². The van der Waals surface area contributed by atoms with Gasteiger partial charge in [-0.3, -0.25) is 4.79 Å². The molecule has 0 aromatic carbocycles. The third-order valence-corrected chi connectivity index (χ3v) is 3.59. The Morgan fingerprint density at radius 2 is 2.22 bits per heavy atom. The quantitative estimate of drug-likeness (QED) is 0.834. The summed E-state index contributed by atoms with van der Waals surface area (Å²) < 4.78 is 5.17. The molecule has 2 N–H and O–H groups in total. The molecular formula is C13H21NO3S. The van der Waals surface area contributed by atoms with E-state index >= 15 is 0 Å². The lowest BCUT2D eigenvalue weighted by Gasteiger charge is -2.18. The van der Waals surface area contributed by atoms with Crippen LogP contribution in [0.15, 0.2) is 6.07 Å². The van der Waals surface area contributed by atoms with Gasteiger partial charge in [0.2, 0.25) is 0 Å². The van der Waals surface area contributed by atoms with Crippen LogP contribution in [0.4, 0.5) is 0 Å². The number of amides is 1. The number of carbonyl (C=O) groups excluding carboxylic acids is 1. The van der Waals surface area contributed by atoms with Crippen molar-refractivity contribution >= 4 is 17.2 Å². The smallest absolute Gasteiger partial charge is 0.265 e. The summed E-state index contributed by atoms with van der Waals surface area (Å²) in [5, 5.41) is 12.1. The molecule has 0 spiro atoms. The van der Waals surface area contributed by atoms with Crippen molar-refractivity contribution in [2.75, 3.05) is 13.7 Å². The van der Waals surface area contributed by atoms with Gasteiger partial charge in [-0.1, -0.05) is 13.8 Å². The molecule has 1 aromatic rings. The number of carbonyl (C=O) groups is 1. The first kappa shape index (κ1) is 15.0. The number of rotatable bonds is 6. The number of thiophene rings is 1. The molecule has 1 atom stereocenters. The van der Waals surface area contributed by atoms with Crippen molar-refractivity contribution in [2.24, 2.45) is 5.92 Å². The van der Waals surface area contributed by atoms with Crippen LogP contribution in [-0.2, 0) is 0 Å². The van der Waals surface area contributed by atoms with Gasteiger partial charge in [-0.25, -0.2) is 0 Å². The number of nitrogens with one attached hydrogen (secondary N) is 1. The van der Waals surface area contributed by atoms with E-state index < -0.39 is 0 Å². The topological polar surface area (TPSA) is 58.6 Å². The SMILES string of the molecule is COc1cc(C)sc1C(=O)NC(CO)CC(C)C. The van der Waals surface area contributed by atoms with Gasteiger partial charge in [0, 0.05) is 4.88 Å². The fourth-order valence-corrected chi connectivity index (χ4v) is 2.68. The van der Waals surface area contributed by atoms with Gasteiger partial charge in [-0.05, 0) is 25.3 Å². The predicted octanol–water partition coefficient (Wildman–Crippen LogP) is 2.20. The molecule has 0 radical (unpaired) electrons. The first-order valence-corrected chi connectivity index (χ1v) is 6.85. The molecule has 4 nitrogen and oxygen atoms in total. The predicted molar refractivity (Wildman–Crippen MR) is 73.4 cm³/mol. The second-order valence-electron chi connectivity index (χ2n) is 4.74. The summed E-state index contributed by atoms with van der Waals surface area (Å²) in [5.74, 6) is 0.843. The molecule has 1 aromatic heterocycles. The molecule has 1 heterocycles. The van der Waals surface area contributed by atoms with Gasteiger partial charge in [0.05, 0.1) is 19.8 Å². The number of aryl methyl sites for hydroxylation is 1. The number of aliphatic hydroxyl groups excluding tert-OH is 1. The summed E-state index contributed by atoms with van der Waals surface area (Å²) in [6.45, 7) is 6.01. The molecule has 1 amide bonds. The average molecular weight is 271 g/mol. The molecule has 0 bridgehead atoms. The maximum absolute atomic E-state index is 12.1. The lowest BCUT2D eigenvalue weighted by Crippen LogP contribution is -2.38. The van der Waals surface area contributed by atoms with E-state index in [-0.39, 0.29) is 18.6 Å². The standard InChI is InChI=1S/C13H21NO3S/c1-8(2)5-10(7-15)14-13(16)12-11(17-4)6-9(3)18-12/h6,8,10,15H,5,7H2,1-4H3,(H,14,16). The van der Waals surface area contributed by atoms with Gasteiger partial charge in [0.25, 0.3) is 5.91 Å². The highest BCUT2D eigenvalue weighted by atomic mass is 32.1. The van der Waals surface area contributed by atoms with Crippen LogP contribution in [0.1, 0.15) is 34.8 Å². The van der Waals surface area contributed by atoms with Gasteiger partial charge in [0.15, 0.2) is 0 Å². The van der Waals surface area contributed by atoms with Crippen molar-refractivity contribution in [3.8, 4) is 5.75 Å². The Bertz CT molecular complexity index is 401. The summed E-state index contributed by atoms with van der Waals surface area (Å²) in [6, 6.07) is 1.64. The molecule has 0 aliphatic carbocycles. The summed E-state index contributed by atoms with van der Waals surface area (Å²) in [6.07, 6.45) is 0.759. The van der Waals surface area contributed by atoms with E-state index in [4.69, 9.17) is 4.74 Å². The Hall–Kier alpha value is -1.07. The Morgan fingerprint density at radius 3 is 2.72 bits per heavy atom. The van der Waals surface area contributed by atoms with Crippen LogP contribution in [0.25, 0.3) is 0 Å². The monoisotopic (exact) mass is 271 g/mol. The molecule has 0 fully saturated rings. The number of methoxy groups -OCH3 is 1. The van der Waals surface area contributed by atoms with Gasteiger partial charge in [0.1, 0.15) is 10.6 Å². The summed E-state index contributed by atoms with van der Waals surface area (Å²) in [5.41, 5.74) is 0. The molecule has 1 unspecified atom stereocenters. The van der Waals surface area contributed by atoms with Crippen molar-refractivity contribution in [1.82, 2.24) is 5.32 Å². The zero-order valence-corrected chi connectivity index (χ0v) is 12.1. The highest BCUT2D eigenvalue weighted by molar-refractivity contribution is 7.14. The molecule has 1 rings (SSSR count). The molecule has 0 saturated heterocycles. The maximum Gasteiger partial charge on any atom is 0.265 e. The molecular weight excluding hydrogens is 250 g/mol. The van der Waals surface area contributed by atoms with Crippen molar-refractivity contribution in [1.29, 1.82) is 0 Å². The summed E-state index contributed by atoms with van der Waals surface area (Å²) in [4.78, 5) is 13.7. The number of hydrogen-bond donors (Lipinski definition) is 2. The number of hydrogen-bond acceptors (Lipinski definition) is 4. The van der Waals surface area contributed by atoms with E-state index in [1.165, 1.54) is 11.3 Å². The highest BCUT2D eigenvalue weighted by Crippen LogP contribution is 2.28. The zero-order chi connectivity index (χ0) is 13.7. The Labute approximate surface area is 112 Å². The van der Waals surface area contributed by atoms with Crippen LogP contribution in [0.5, 0.6) is 5.75 Å². The van der Waals surface area contributed by atoms with Gasteiger partial charge in [-0.2, -0.15) is 0 Å². The first-order valence-electron chi connectivity index (χ1n) is 6.04. The third kappa shape index (κ3) is 3.99. The van der Waals surface area contributed by atoms with Crippen LogP contribution >= 0.6 is 11.3 Å². The molecule has 18 heavy (non-hydrogen) atoms. The Morgan fingerprint density at radius 1 is 1.56 bits per heavy atom. The second kappa shape index (κ2) is 6.75. The van der Waals surface area contributed by atoms with Crippen LogP contribution in [0, 0.1) is 12.8 Å². The van der Waals surface area contributed by atoms with Gasteiger partial charge in [-0.15, -0.1) is 11.3 Å². The minimum absolute atomic E-state index is 0.0450. The van der Waals surface area contributed by atoms with E-state index in [1.807, 2.05) is 13.0 Å². The first-order chi connectivity index (χ1) is 8.47. The van der Waals surface area contributed by atoms with Gasteiger partial charge < -0.3 is 15.2 Å². The Balaban J connectivity index is 2.74. The molecule has 5 heteroatoms. The van der Waals surface area contributed by atoms with Crippen molar-refractivity contribution in [3.05, 3.63) is 15.8 Å². The highest BCUT2D eigenvalue weighted by Gasteiger charge is 2.19. The average Bonchev–Trinajstić information content (AvgIpc) is 2.69. The zero-order valence-electron chi connectivity index (χ0n) is 11.3. The lowest BCUT2D eigenvalue weighted by atomic mass is 10.0. The maximum atomic E-state index is 12.1. The third-order valence-electron chi connectivity index (χ3n) is 2.56. The molecule has 0 aliphatic heterocycles. The van der Waals surface area contributed by atoms with Crippen molar-refractivity contribution < 1.29 is 14.6 Å². The summed E-state index contributed by atoms with van der Waals surface area (Å²) in [7, 11) is 1.55. The largest absolute Gasteiger partial charge is 0.495 e. The molecule has 102 valence electrons. The fourth-order valence-electron chi connectivity index (χ4n) is 1.80. The van der Waals surface area contributed by atoms with E-state index in [0.29, 0.717) is 16.5 Å². The summed E-state index contributed by atoms with van der Waals surface area (Å²) >= 11 is 1.40. The lowest BCUT2D eigenvalue weighted by molar-refractivity contribution is 0.0910. The molecule has 0 aliphatic rings. The normalized spacial score (nSPS) is 12.6. The number of aliphatic hydroxyl groups is 1.